The SMILES string of the molecule is COc1ccc(NC(=O)C2CC23CCNCC3)cc1OCC(F)(F)F.Cl. The minimum atomic E-state index is -4.44. The highest BCUT2D eigenvalue weighted by Crippen LogP contribution is 2.58. The van der Waals surface area contributed by atoms with Gasteiger partial charge < -0.3 is 20.1 Å². The van der Waals surface area contributed by atoms with Crippen molar-refractivity contribution in [3.63, 3.8) is 0 Å². The van der Waals surface area contributed by atoms with Crippen LogP contribution in [0, 0.1) is 11.3 Å². The first-order valence-corrected chi connectivity index (χ1v) is 8.22. The fourth-order valence-corrected chi connectivity index (χ4v) is 3.45. The Bertz CT molecular complexity index is 649. The number of hydrogen-bond donors (Lipinski definition) is 2. The van der Waals surface area contributed by atoms with Crippen LogP contribution in [0.25, 0.3) is 0 Å². The molecule has 26 heavy (non-hydrogen) atoms. The van der Waals surface area contributed by atoms with E-state index in [1.165, 1.54) is 19.2 Å². The molecule has 146 valence electrons. The van der Waals surface area contributed by atoms with E-state index in [0.29, 0.717) is 5.69 Å². The van der Waals surface area contributed by atoms with Gasteiger partial charge in [-0.2, -0.15) is 13.2 Å². The summed E-state index contributed by atoms with van der Waals surface area (Å²) in [5.41, 5.74) is 0.496. The maximum atomic E-state index is 12.4. The van der Waals surface area contributed by atoms with Crippen molar-refractivity contribution in [2.75, 3.05) is 32.1 Å². The molecule has 0 bridgehead atoms. The first-order chi connectivity index (χ1) is 11.8. The Hall–Kier alpha value is -1.67. The number of methoxy groups -OCH3 is 1. The highest BCUT2D eigenvalue weighted by molar-refractivity contribution is 5.95. The summed E-state index contributed by atoms with van der Waals surface area (Å²) in [6.07, 6.45) is -1.62. The number of anilines is 1. The summed E-state index contributed by atoms with van der Waals surface area (Å²) < 4.78 is 46.9. The van der Waals surface area contributed by atoms with Crippen LogP contribution in [0.15, 0.2) is 18.2 Å². The van der Waals surface area contributed by atoms with Gasteiger partial charge in [-0.3, -0.25) is 4.79 Å². The molecule has 5 nitrogen and oxygen atoms in total. The molecule has 2 N–H and O–H groups in total. The molecule has 2 aliphatic rings. The third-order valence-electron chi connectivity index (χ3n) is 4.93. The van der Waals surface area contributed by atoms with Crippen molar-refractivity contribution in [2.24, 2.45) is 11.3 Å². The molecule has 1 aliphatic carbocycles. The van der Waals surface area contributed by atoms with Crippen molar-refractivity contribution < 1.29 is 27.4 Å². The molecule has 1 heterocycles. The van der Waals surface area contributed by atoms with Gasteiger partial charge in [-0.15, -0.1) is 12.4 Å². The normalized spacial score (nSPS) is 20.8. The van der Waals surface area contributed by atoms with Crippen molar-refractivity contribution >= 4 is 24.0 Å². The molecule has 1 saturated heterocycles. The van der Waals surface area contributed by atoms with E-state index in [4.69, 9.17) is 9.47 Å². The van der Waals surface area contributed by atoms with Gasteiger partial charge in [0.15, 0.2) is 18.1 Å². The Balaban J connectivity index is 0.00000243. The smallest absolute Gasteiger partial charge is 0.422 e. The van der Waals surface area contributed by atoms with Crippen LogP contribution in [0.5, 0.6) is 11.5 Å². The quantitative estimate of drug-likeness (QED) is 0.803. The van der Waals surface area contributed by atoms with Gasteiger partial charge in [-0.25, -0.2) is 0 Å². The number of nitrogens with one attached hydrogen (secondary N) is 2. The number of piperidine rings is 1. The number of carbonyl (C=O) groups excluding carboxylic acids is 1. The molecule has 1 spiro atoms. The second kappa shape index (κ2) is 7.92. The molecule has 3 rings (SSSR count). The zero-order valence-electron chi connectivity index (χ0n) is 14.3. The van der Waals surface area contributed by atoms with Crippen molar-refractivity contribution in [2.45, 2.75) is 25.4 Å². The van der Waals surface area contributed by atoms with Crippen LogP contribution in [0.2, 0.25) is 0 Å². The van der Waals surface area contributed by atoms with Crippen LogP contribution in [0.4, 0.5) is 18.9 Å². The van der Waals surface area contributed by atoms with E-state index in [1.807, 2.05) is 0 Å². The van der Waals surface area contributed by atoms with Crippen molar-refractivity contribution in [1.29, 1.82) is 0 Å². The number of carbonyl (C=O) groups is 1. The molecule has 1 unspecified atom stereocenters. The van der Waals surface area contributed by atoms with Crippen LogP contribution in [0.3, 0.4) is 0 Å². The van der Waals surface area contributed by atoms with Crippen LogP contribution in [-0.4, -0.2) is 38.9 Å². The second-order valence-corrected chi connectivity index (χ2v) is 6.63. The average Bonchev–Trinajstić information content (AvgIpc) is 3.26. The van der Waals surface area contributed by atoms with Gasteiger partial charge >= 0.3 is 6.18 Å². The molecule has 0 aromatic heterocycles. The molecular formula is C17H22ClF3N2O3. The minimum Gasteiger partial charge on any atom is -0.493 e. The summed E-state index contributed by atoms with van der Waals surface area (Å²) in [6, 6.07) is 4.43. The lowest BCUT2D eigenvalue weighted by Gasteiger charge is -2.23. The standard InChI is InChI=1S/C17H21F3N2O3.ClH/c1-24-13-3-2-11(8-14(13)25-10-17(18,19)20)22-15(23)12-9-16(12)4-6-21-7-5-16;/h2-3,8,12,21H,4-7,9-10H2,1H3,(H,22,23);1H. The fraction of sp³-hybridized carbons (Fsp3) is 0.588. The lowest BCUT2D eigenvalue weighted by atomic mass is 9.92. The number of benzene rings is 1. The van der Waals surface area contributed by atoms with Gasteiger partial charge in [0.05, 0.1) is 7.11 Å². The van der Waals surface area contributed by atoms with E-state index >= 15 is 0 Å². The first-order valence-electron chi connectivity index (χ1n) is 8.22. The molecule has 1 amide bonds. The van der Waals surface area contributed by atoms with Gasteiger partial charge in [0, 0.05) is 17.7 Å². The first kappa shape index (κ1) is 20.6. The topological polar surface area (TPSA) is 59.6 Å². The highest BCUT2D eigenvalue weighted by Gasteiger charge is 2.57. The Morgan fingerprint density at radius 3 is 2.62 bits per heavy atom. The summed E-state index contributed by atoms with van der Waals surface area (Å²) in [4.78, 5) is 12.4. The molecule has 1 aromatic carbocycles. The van der Waals surface area contributed by atoms with E-state index in [2.05, 4.69) is 10.6 Å². The molecule has 2 fully saturated rings. The third kappa shape index (κ3) is 4.73. The van der Waals surface area contributed by atoms with E-state index in [-0.39, 0.29) is 41.1 Å². The van der Waals surface area contributed by atoms with Gasteiger partial charge in [0.25, 0.3) is 0 Å². The fourth-order valence-electron chi connectivity index (χ4n) is 3.45. The van der Waals surface area contributed by atoms with Crippen LogP contribution >= 0.6 is 12.4 Å². The predicted molar refractivity (Wildman–Crippen MR) is 93.1 cm³/mol. The lowest BCUT2D eigenvalue weighted by Crippen LogP contribution is -2.31. The summed E-state index contributed by atoms with van der Waals surface area (Å²) in [7, 11) is 1.35. The Morgan fingerprint density at radius 2 is 2.00 bits per heavy atom. The summed E-state index contributed by atoms with van der Waals surface area (Å²) >= 11 is 0. The van der Waals surface area contributed by atoms with Gasteiger partial charge in [-0.05, 0) is 49.9 Å². The molecule has 1 aromatic rings. The van der Waals surface area contributed by atoms with E-state index in [0.717, 1.165) is 32.4 Å². The van der Waals surface area contributed by atoms with Gasteiger partial charge in [0.2, 0.25) is 5.91 Å². The monoisotopic (exact) mass is 394 g/mol. The van der Waals surface area contributed by atoms with Crippen molar-refractivity contribution in [1.82, 2.24) is 5.32 Å². The average molecular weight is 395 g/mol. The van der Waals surface area contributed by atoms with Crippen molar-refractivity contribution in [3.8, 4) is 11.5 Å². The Labute approximate surface area is 156 Å². The molecule has 1 aliphatic heterocycles. The number of hydrogen-bond acceptors (Lipinski definition) is 4. The van der Waals surface area contributed by atoms with E-state index < -0.39 is 12.8 Å². The summed E-state index contributed by atoms with van der Waals surface area (Å²) in [5, 5.41) is 6.07. The van der Waals surface area contributed by atoms with Crippen LogP contribution < -0.4 is 20.1 Å². The number of alkyl halides is 3. The molecule has 9 heteroatoms. The zero-order valence-corrected chi connectivity index (χ0v) is 15.1. The Morgan fingerprint density at radius 1 is 1.31 bits per heavy atom. The number of ether oxygens (including phenoxy) is 2. The molecule has 0 radical (unpaired) electrons. The Kier molecular flexibility index (Phi) is 6.29. The van der Waals surface area contributed by atoms with Gasteiger partial charge in [0.1, 0.15) is 0 Å². The molecular weight excluding hydrogens is 373 g/mol. The van der Waals surface area contributed by atoms with Crippen LogP contribution in [0.1, 0.15) is 19.3 Å². The number of rotatable bonds is 5. The summed E-state index contributed by atoms with van der Waals surface area (Å²) in [6.45, 7) is 0.420. The molecule has 1 saturated carbocycles. The maximum absolute atomic E-state index is 12.4. The third-order valence-corrected chi connectivity index (χ3v) is 4.93. The maximum Gasteiger partial charge on any atom is 0.422 e. The van der Waals surface area contributed by atoms with E-state index in [9.17, 15) is 18.0 Å². The molecule has 1 atom stereocenters. The summed E-state index contributed by atoms with van der Waals surface area (Å²) in [5.74, 6) is 0.0126. The largest absolute Gasteiger partial charge is 0.493 e. The minimum absolute atomic E-state index is 0. The number of halogens is 4. The lowest BCUT2D eigenvalue weighted by molar-refractivity contribution is -0.153. The van der Waals surface area contributed by atoms with Crippen molar-refractivity contribution in [3.05, 3.63) is 18.2 Å². The number of amides is 1. The van der Waals surface area contributed by atoms with Gasteiger partial charge in [-0.1, -0.05) is 0 Å². The zero-order chi connectivity index (χ0) is 18.1. The highest BCUT2D eigenvalue weighted by atomic mass is 35.5. The predicted octanol–water partition coefficient (Wildman–Crippen LogP) is 3.39. The van der Waals surface area contributed by atoms with E-state index in [1.54, 1.807) is 6.07 Å². The van der Waals surface area contributed by atoms with Crippen LogP contribution in [-0.2, 0) is 4.79 Å². The second-order valence-electron chi connectivity index (χ2n) is 6.63.